The zero-order valence-corrected chi connectivity index (χ0v) is 17.5. The summed E-state index contributed by atoms with van der Waals surface area (Å²) in [6.45, 7) is 7.72. The second kappa shape index (κ2) is 9.76. The molecule has 28 heavy (non-hydrogen) atoms. The smallest absolute Gasteiger partial charge is 0.275 e. The van der Waals surface area contributed by atoms with Crippen LogP contribution in [0, 0.1) is 17.6 Å². The van der Waals surface area contributed by atoms with E-state index >= 15 is 0 Å². The van der Waals surface area contributed by atoms with Gasteiger partial charge in [0.25, 0.3) is 5.91 Å². The number of rotatable bonds is 8. The molecule has 2 N–H and O–H groups in total. The lowest BCUT2D eigenvalue weighted by atomic mass is 10.0. The van der Waals surface area contributed by atoms with Gasteiger partial charge in [-0.1, -0.05) is 13.8 Å². The third-order valence-electron chi connectivity index (χ3n) is 4.94. The quantitative estimate of drug-likeness (QED) is 0.656. The monoisotopic (exact) mass is 418 g/mol. The normalized spacial score (nSPS) is 17.6. The van der Waals surface area contributed by atoms with Crippen molar-refractivity contribution in [1.29, 1.82) is 0 Å². The highest BCUT2D eigenvalue weighted by Gasteiger charge is 2.33. The fraction of sp³-hybridized carbons (Fsp3) is 0.632. The number of carbonyl (C=O) groups excluding carboxylic acids is 1. The Bertz CT molecular complexity index is 779. The van der Waals surface area contributed by atoms with E-state index in [4.69, 9.17) is 0 Å². The highest BCUT2D eigenvalue weighted by molar-refractivity contribution is 7.89. The van der Waals surface area contributed by atoms with E-state index in [1.807, 2.05) is 6.92 Å². The molecule has 1 saturated heterocycles. The molecule has 158 valence electrons. The zero-order chi connectivity index (χ0) is 20.9. The van der Waals surface area contributed by atoms with Gasteiger partial charge in [0.1, 0.15) is 16.5 Å². The SMILES string of the molecule is CC(C)CC[C@H](C)NC(=O)C[NH+]1CCN(S(=O)(=O)c2cc(F)ccc2F)CC1. The average Bonchev–Trinajstić information content (AvgIpc) is 2.62. The molecule has 0 aliphatic carbocycles. The first-order chi connectivity index (χ1) is 13.1. The van der Waals surface area contributed by atoms with Gasteiger partial charge in [0.2, 0.25) is 10.0 Å². The first-order valence-electron chi connectivity index (χ1n) is 9.67. The summed E-state index contributed by atoms with van der Waals surface area (Å²) in [6, 6.07) is 2.51. The Morgan fingerprint density at radius 2 is 1.82 bits per heavy atom. The number of hydrogen-bond donors (Lipinski definition) is 2. The second-order valence-electron chi connectivity index (χ2n) is 7.85. The summed E-state index contributed by atoms with van der Waals surface area (Å²) in [5.41, 5.74) is 0. The molecule has 1 atom stereocenters. The Morgan fingerprint density at radius 3 is 2.43 bits per heavy atom. The van der Waals surface area contributed by atoms with Crippen molar-refractivity contribution >= 4 is 15.9 Å². The molecule has 1 aromatic rings. The fourth-order valence-electron chi connectivity index (χ4n) is 3.24. The van der Waals surface area contributed by atoms with Crippen molar-refractivity contribution in [2.45, 2.75) is 44.6 Å². The van der Waals surface area contributed by atoms with Crippen LogP contribution in [0.15, 0.2) is 23.1 Å². The van der Waals surface area contributed by atoms with Crippen LogP contribution in [0.3, 0.4) is 0 Å². The van der Waals surface area contributed by atoms with E-state index in [9.17, 15) is 22.0 Å². The van der Waals surface area contributed by atoms with Crippen LogP contribution in [0.2, 0.25) is 0 Å². The minimum atomic E-state index is -4.10. The molecule has 6 nitrogen and oxygen atoms in total. The van der Waals surface area contributed by atoms with Crippen molar-refractivity contribution in [3.05, 3.63) is 29.8 Å². The van der Waals surface area contributed by atoms with Crippen LogP contribution in [-0.2, 0) is 14.8 Å². The molecule has 9 heteroatoms. The van der Waals surface area contributed by atoms with E-state index < -0.39 is 26.6 Å². The van der Waals surface area contributed by atoms with Crippen LogP contribution in [0.1, 0.15) is 33.6 Å². The van der Waals surface area contributed by atoms with Crippen molar-refractivity contribution < 1.29 is 26.9 Å². The number of nitrogens with zero attached hydrogens (tertiary/aromatic N) is 1. The molecule has 0 spiro atoms. The predicted octanol–water partition coefficient (Wildman–Crippen LogP) is 0.795. The highest BCUT2D eigenvalue weighted by Crippen LogP contribution is 2.20. The van der Waals surface area contributed by atoms with E-state index in [2.05, 4.69) is 19.2 Å². The standard InChI is InChI=1S/C19H29F2N3O3S/c1-14(2)4-5-15(3)22-19(25)13-23-8-10-24(11-9-23)28(26,27)18-12-16(20)6-7-17(18)21/h6-7,12,14-15H,4-5,8-11,13H2,1-3H3,(H,22,25)/p+1/t15-/m0/s1. The topological polar surface area (TPSA) is 70.9 Å². The largest absolute Gasteiger partial charge is 0.349 e. The Balaban J connectivity index is 1.87. The Labute approximate surface area is 165 Å². The average molecular weight is 419 g/mol. The summed E-state index contributed by atoms with van der Waals surface area (Å²) >= 11 is 0. The number of amides is 1. The van der Waals surface area contributed by atoms with Crippen LogP contribution in [0.5, 0.6) is 0 Å². The molecule has 2 rings (SSSR count). The van der Waals surface area contributed by atoms with Crippen molar-refractivity contribution in [2.24, 2.45) is 5.92 Å². The van der Waals surface area contributed by atoms with Crippen LogP contribution >= 0.6 is 0 Å². The lowest BCUT2D eigenvalue weighted by Gasteiger charge is -2.31. The Morgan fingerprint density at radius 1 is 1.18 bits per heavy atom. The van der Waals surface area contributed by atoms with Gasteiger partial charge in [-0.05, 0) is 43.9 Å². The summed E-state index contributed by atoms with van der Waals surface area (Å²) in [5.74, 6) is -1.24. The van der Waals surface area contributed by atoms with Crippen molar-refractivity contribution in [3.63, 3.8) is 0 Å². The first kappa shape index (κ1) is 22.7. The van der Waals surface area contributed by atoms with Crippen LogP contribution in [0.25, 0.3) is 0 Å². The summed E-state index contributed by atoms with van der Waals surface area (Å²) in [6.07, 6.45) is 1.96. The third-order valence-corrected chi connectivity index (χ3v) is 6.85. The van der Waals surface area contributed by atoms with E-state index in [-0.39, 0.29) is 31.6 Å². The summed E-state index contributed by atoms with van der Waals surface area (Å²) < 4.78 is 53.6. The lowest BCUT2D eigenvalue weighted by molar-refractivity contribution is -0.895. The lowest BCUT2D eigenvalue weighted by Crippen LogP contribution is -3.15. The molecule has 0 bridgehead atoms. The molecular formula is C19H30F2N3O3S+. The van der Waals surface area contributed by atoms with E-state index in [0.29, 0.717) is 25.1 Å². The predicted molar refractivity (Wildman–Crippen MR) is 102 cm³/mol. The number of piperazine rings is 1. The van der Waals surface area contributed by atoms with Gasteiger partial charge in [-0.15, -0.1) is 0 Å². The van der Waals surface area contributed by atoms with Crippen molar-refractivity contribution in [2.75, 3.05) is 32.7 Å². The van der Waals surface area contributed by atoms with Crippen LogP contribution in [-0.4, -0.2) is 57.4 Å². The molecule has 0 saturated carbocycles. The third kappa shape index (κ3) is 6.22. The van der Waals surface area contributed by atoms with E-state index in [1.165, 1.54) is 0 Å². The van der Waals surface area contributed by atoms with Gasteiger partial charge in [0.15, 0.2) is 6.54 Å². The maximum Gasteiger partial charge on any atom is 0.275 e. The maximum absolute atomic E-state index is 13.9. The number of hydrogen-bond acceptors (Lipinski definition) is 3. The van der Waals surface area contributed by atoms with Gasteiger partial charge in [-0.2, -0.15) is 4.31 Å². The van der Waals surface area contributed by atoms with Crippen molar-refractivity contribution in [1.82, 2.24) is 9.62 Å². The van der Waals surface area contributed by atoms with Crippen LogP contribution < -0.4 is 10.2 Å². The number of benzene rings is 1. The second-order valence-corrected chi connectivity index (χ2v) is 9.75. The van der Waals surface area contributed by atoms with Gasteiger partial charge >= 0.3 is 0 Å². The Kier molecular flexibility index (Phi) is 7.91. The molecule has 1 aliphatic rings. The molecular weight excluding hydrogens is 388 g/mol. The molecule has 1 aliphatic heterocycles. The molecule has 1 fully saturated rings. The minimum absolute atomic E-state index is 0.0567. The van der Waals surface area contributed by atoms with Gasteiger partial charge in [-0.25, -0.2) is 17.2 Å². The molecule has 1 amide bonds. The number of nitrogens with one attached hydrogen (secondary N) is 2. The molecule has 1 heterocycles. The number of carbonyl (C=O) groups is 1. The van der Waals surface area contributed by atoms with Gasteiger partial charge in [0, 0.05) is 6.04 Å². The first-order valence-corrected chi connectivity index (χ1v) is 11.1. The molecule has 0 aromatic heterocycles. The number of halogens is 2. The highest BCUT2D eigenvalue weighted by atomic mass is 32.2. The summed E-state index contributed by atoms with van der Waals surface area (Å²) in [7, 11) is -4.10. The molecule has 1 aromatic carbocycles. The minimum Gasteiger partial charge on any atom is -0.349 e. The van der Waals surface area contributed by atoms with E-state index in [1.54, 1.807) is 0 Å². The van der Waals surface area contributed by atoms with Gasteiger partial charge in [0.05, 0.1) is 26.2 Å². The summed E-state index contributed by atoms with van der Waals surface area (Å²) in [4.78, 5) is 12.5. The number of quaternary nitrogens is 1. The van der Waals surface area contributed by atoms with Crippen LogP contribution in [0.4, 0.5) is 8.78 Å². The van der Waals surface area contributed by atoms with E-state index in [0.717, 1.165) is 34.2 Å². The summed E-state index contributed by atoms with van der Waals surface area (Å²) in [5, 5.41) is 2.98. The molecule has 0 unspecified atom stereocenters. The van der Waals surface area contributed by atoms with Crippen molar-refractivity contribution in [3.8, 4) is 0 Å². The Hall–Kier alpha value is -1.58. The zero-order valence-electron chi connectivity index (χ0n) is 16.7. The molecule has 0 radical (unpaired) electrons. The van der Waals surface area contributed by atoms with Gasteiger partial charge < -0.3 is 10.2 Å². The number of sulfonamides is 1. The fourth-order valence-corrected chi connectivity index (χ4v) is 4.76. The van der Waals surface area contributed by atoms with Gasteiger partial charge in [-0.3, -0.25) is 4.79 Å². The maximum atomic E-state index is 13.9.